The van der Waals surface area contributed by atoms with Crippen LogP contribution in [0.3, 0.4) is 0 Å². The lowest BCUT2D eigenvalue weighted by atomic mass is 10.1. The van der Waals surface area contributed by atoms with E-state index >= 15 is 0 Å². The molecule has 3 N–H and O–H groups in total. The SMILES string of the molecule is NS(=O)(=O)CCNC(=O)C1CCOC1. The van der Waals surface area contributed by atoms with E-state index in [1.165, 1.54) is 0 Å². The Morgan fingerprint density at radius 3 is 2.79 bits per heavy atom. The number of hydrogen-bond acceptors (Lipinski definition) is 4. The summed E-state index contributed by atoms with van der Waals surface area (Å²) in [6.07, 6.45) is 0.696. The van der Waals surface area contributed by atoms with E-state index in [9.17, 15) is 13.2 Å². The second-order valence-electron chi connectivity index (χ2n) is 3.22. The number of hydrogen-bond donors (Lipinski definition) is 2. The molecule has 1 rings (SSSR count). The normalized spacial score (nSPS) is 22.2. The molecule has 1 unspecified atom stereocenters. The Morgan fingerprint density at radius 1 is 1.57 bits per heavy atom. The lowest BCUT2D eigenvalue weighted by molar-refractivity contribution is -0.124. The summed E-state index contributed by atoms with van der Waals surface area (Å²) in [5.41, 5.74) is 0. The summed E-state index contributed by atoms with van der Waals surface area (Å²) in [6.45, 7) is 1.07. The molecule has 7 heteroatoms. The molecule has 14 heavy (non-hydrogen) atoms. The molecule has 82 valence electrons. The number of nitrogens with one attached hydrogen (secondary N) is 1. The highest BCUT2D eigenvalue weighted by Crippen LogP contribution is 2.11. The fourth-order valence-corrected chi connectivity index (χ4v) is 1.59. The van der Waals surface area contributed by atoms with Gasteiger partial charge in [0.25, 0.3) is 0 Å². The van der Waals surface area contributed by atoms with Gasteiger partial charge in [-0.25, -0.2) is 13.6 Å². The molecule has 1 fully saturated rings. The van der Waals surface area contributed by atoms with E-state index < -0.39 is 10.0 Å². The van der Waals surface area contributed by atoms with E-state index in [2.05, 4.69) is 5.32 Å². The zero-order valence-corrected chi connectivity index (χ0v) is 8.55. The molecule has 6 nitrogen and oxygen atoms in total. The summed E-state index contributed by atoms with van der Waals surface area (Å²) < 4.78 is 26.1. The van der Waals surface area contributed by atoms with Gasteiger partial charge in [-0.15, -0.1) is 0 Å². The van der Waals surface area contributed by atoms with Crippen LogP contribution < -0.4 is 10.5 Å². The Kier molecular flexibility index (Phi) is 3.85. The maximum absolute atomic E-state index is 11.3. The monoisotopic (exact) mass is 222 g/mol. The Morgan fingerprint density at radius 2 is 2.29 bits per heavy atom. The fraction of sp³-hybridized carbons (Fsp3) is 0.857. The smallest absolute Gasteiger partial charge is 0.225 e. The number of carbonyl (C=O) groups is 1. The Balaban J connectivity index is 2.21. The van der Waals surface area contributed by atoms with Crippen molar-refractivity contribution in [3.63, 3.8) is 0 Å². The molecule has 1 aliphatic heterocycles. The molecule has 0 saturated carbocycles. The molecule has 1 aliphatic rings. The molecule has 0 aromatic rings. The zero-order chi connectivity index (χ0) is 10.6. The van der Waals surface area contributed by atoms with Gasteiger partial charge >= 0.3 is 0 Å². The molecule has 0 radical (unpaired) electrons. The first-order chi connectivity index (χ1) is 6.49. The lowest BCUT2D eigenvalue weighted by Crippen LogP contribution is -2.35. The molecule has 1 atom stereocenters. The quantitative estimate of drug-likeness (QED) is 0.600. The maximum atomic E-state index is 11.3. The number of primary sulfonamides is 1. The molecule has 1 saturated heterocycles. The van der Waals surface area contributed by atoms with E-state index in [0.717, 1.165) is 0 Å². The van der Waals surface area contributed by atoms with Crippen LogP contribution in [-0.2, 0) is 19.6 Å². The maximum Gasteiger partial charge on any atom is 0.225 e. The topological polar surface area (TPSA) is 98.5 Å². The summed E-state index contributed by atoms with van der Waals surface area (Å²) in [5.74, 6) is -0.534. The van der Waals surface area contributed by atoms with E-state index in [1.807, 2.05) is 0 Å². The van der Waals surface area contributed by atoms with Crippen molar-refractivity contribution in [2.45, 2.75) is 6.42 Å². The van der Waals surface area contributed by atoms with Gasteiger partial charge in [0, 0.05) is 13.2 Å². The van der Waals surface area contributed by atoms with Gasteiger partial charge in [0.15, 0.2) is 0 Å². The van der Waals surface area contributed by atoms with Crippen LogP contribution >= 0.6 is 0 Å². The van der Waals surface area contributed by atoms with E-state index in [1.54, 1.807) is 0 Å². The first-order valence-corrected chi connectivity index (χ1v) is 6.06. The van der Waals surface area contributed by atoms with Gasteiger partial charge < -0.3 is 10.1 Å². The third-order valence-electron chi connectivity index (χ3n) is 1.99. The van der Waals surface area contributed by atoms with Crippen molar-refractivity contribution in [2.75, 3.05) is 25.5 Å². The van der Waals surface area contributed by atoms with Crippen LogP contribution in [0.15, 0.2) is 0 Å². The summed E-state index contributed by atoms with van der Waals surface area (Å²) in [6, 6.07) is 0. The molecule has 1 amide bonds. The van der Waals surface area contributed by atoms with Crippen LogP contribution in [0.1, 0.15) is 6.42 Å². The minimum Gasteiger partial charge on any atom is -0.381 e. The number of sulfonamides is 1. The van der Waals surface area contributed by atoms with Crippen LogP contribution in [0.2, 0.25) is 0 Å². The first-order valence-electron chi connectivity index (χ1n) is 4.35. The van der Waals surface area contributed by atoms with Crippen molar-refractivity contribution in [1.29, 1.82) is 0 Å². The average Bonchev–Trinajstić information content (AvgIpc) is 2.53. The van der Waals surface area contributed by atoms with Gasteiger partial charge in [-0.2, -0.15) is 0 Å². The summed E-state index contributed by atoms with van der Waals surface area (Å²) >= 11 is 0. The van der Waals surface area contributed by atoms with E-state index in [4.69, 9.17) is 9.88 Å². The molecule has 0 bridgehead atoms. The first kappa shape index (κ1) is 11.4. The Hall–Kier alpha value is -0.660. The van der Waals surface area contributed by atoms with Crippen LogP contribution in [0.25, 0.3) is 0 Å². The summed E-state index contributed by atoms with van der Waals surface area (Å²) in [7, 11) is -3.49. The zero-order valence-electron chi connectivity index (χ0n) is 7.73. The molecular formula is C7H14N2O4S. The van der Waals surface area contributed by atoms with Gasteiger partial charge in [-0.05, 0) is 6.42 Å². The van der Waals surface area contributed by atoms with Gasteiger partial charge in [0.05, 0.1) is 18.3 Å². The predicted octanol–water partition coefficient (Wildman–Crippen LogP) is -1.57. The highest BCUT2D eigenvalue weighted by Gasteiger charge is 2.23. The van der Waals surface area contributed by atoms with Crippen LogP contribution in [0, 0.1) is 5.92 Å². The van der Waals surface area contributed by atoms with Crippen molar-refractivity contribution in [2.24, 2.45) is 11.1 Å². The van der Waals surface area contributed by atoms with Crippen molar-refractivity contribution in [1.82, 2.24) is 5.32 Å². The number of ether oxygens (including phenoxy) is 1. The number of carbonyl (C=O) groups excluding carboxylic acids is 1. The second kappa shape index (κ2) is 4.72. The van der Waals surface area contributed by atoms with Gasteiger partial charge in [-0.1, -0.05) is 0 Å². The number of rotatable bonds is 4. The minimum atomic E-state index is -3.49. The molecule has 0 aliphatic carbocycles. The third-order valence-corrected chi connectivity index (χ3v) is 2.76. The van der Waals surface area contributed by atoms with E-state index in [0.29, 0.717) is 19.6 Å². The Bertz CT molecular complexity index is 295. The standard InChI is InChI=1S/C7H14N2O4S/c8-14(11,12)4-2-9-7(10)6-1-3-13-5-6/h6H,1-5H2,(H,9,10)(H2,8,11,12). The average molecular weight is 222 g/mol. The van der Waals surface area contributed by atoms with Crippen LogP contribution in [0.5, 0.6) is 0 Å². The Labute approximate surface area is 82.8 Å². The largest absolute Gasteiger partial charge is 0.381 e. The molecule has 1 heterocycles. The van der Waals surface area contributed by atoms with Crippen LogP contribution in [0.4, 0.5) is 0 Å². The van der Waals surface area contributed by atoms with Gasteiger partial charge in [0.2, 0.25) is 15.9 Å². The fourth-order valence-electron chi connectivity index (χ4n) is 1.20. The van der Waals surface area contributed by atoms with Crippen LogP contribution in [-0.4, -0.2) is 39.8 Å². The minimum absolute atomic E-state index is 0.0637. The van der Waals surface area contributed by atoms with Crippen molar-refractivity contribution in [3.05, 3.63) is 0 Å². The highest BCUT2D eigenvalue weighted by molar-refractivity contribution is 7.89. The second-order valence-corrected chi connectivity index (χ2v) is 4.95. The van der Waals surface area contributed by atoms with Gasteiger partial charge in [-0.3, -0.25) is 4.79 Å². The molecule has 0 spiro atoms. The van der Waals surface area contributed by atoms with Crippen molar-refractivity contribution >= 4 is 15.9 Å². The van der Waals surface area contributed by atoms with Crippen molar-refractivity contribution in [3.8, 4) is 0 Å². The number of nitrogens with two attached hydrogens (primary N) is 1. The summed E-state index contributed by atoms with van der Waals surface area (Å²) in [4.78, 5) is 11.3. The predicted molar refractivity (Wildman–Crippen MR) is 49.9 cm³/mol. The van der Waals surface area contributed by atoms with E-state index in [-0.39, 0.29) is 24.1 Å². The lowest BCUT2D eigenvalue weighted by Gasteiger charge is -2.07. The van der Waals surface area contributed by atoms with Crippen molar-refractivity contribution < 1.29 is 17.9 Å². The number of amides is 1. The third kappa shape index (κ3) is 4.03. The molecule has 0 aromatic carbocycles. The summed E-state index contributed by atoms with van der Waals surface area (Å²) in [5, 5.41) is 7.27. The molecule has 0 aromatic heterocycles. The molecular weight excluding hydrogens is 208 g/mol. The van der Waals surface area contributed by atoms with Gasteiger partial charge in [0.1, 0.15) is 0 Å². The highest BCUT2D eigenvalue weighted by atomic mass is 32.2.